The molecule has 1 heteroatoms. The maximum Gasteiger partial charge on any atom is 0.162 e. The second kappa shape index (κ2) is 8.73. The number of Topliss-reactive ketones (excluding diaryl/α,β-unsaturated/α-hetero) is 1. The number of hydrogen-bond donors (Lipinski definition) is 0. The van der Waals surface area contributed by atoms with Gasteiger partial charge in [-0.15, -0.1) is 0 Å². The summed E-state index contributed by atoms with van der Waals surface area (Å²) in [6.45, 7) is 8.53. The van der Waals surface area contributed by atoms with Gasteiger partial charge in [0.25, 0.3) is 0 Å². The van der Waals surface area contributed by atoms with Gasteiger partial charge in [-0.2, -0.15) is 0 Å². The van der Waals surface area contributed by atoms with Crippen LogP contribution in [0.25, 0.3) is 6.08 Å². The number of unbranched alkanes of at least 4 members (excludes halogenated alkanes) is 1. The second-order valence-electron chi connectivity index (χ2n) is 5.78. The SMILES string of the molecule is CCCCC(CC)C(=O)/C(=C\c1ccccc1)C(C)C. The molecule has 110 valence electrons. The number of benzene rings is 1. The van der Waals surface area contributed by atoms with Gasteiger partial charge in [-0.3, -0.25) is 4.79 Å². The van der Waals surface area contributed by atoms with Crippen LogP contribution < -0.4 is 0 Å². The van der Waals surface area contributed by atoms with Crippen LogP contribution in [-0.4, -0.2) is 5.78 Å². The van der Waals surface area contributed by atoms with Crippen molar-refractivity contribution < 1.29 is 4.79 Å². The van der Waals surface area contributed by atoms with Crippen LogP contribution in [0.15, 0.2) is 35.9 Å². The fraction of sp³-hybridized carbons (Fsp3) is 0.526. The Bertz CT molecular complexity index is 428. The fourth-order valence-electron chi connectivity index (χ4n) is 2.46. The average molecular weight is 272 g/mol. The molecule has 20 heavy (non-hydrogen) atoms. The van der Waals surface area contributed by atoms with Crippen molar-refractivity contribution in [3.05, 3.63) is 41.5 Å². The molecule has 0 radical (unpaired) electrons. The summed E-state index contributed by atoms with van der Waals surface area (Å²) in [7, 11) is 0. The van der Waals surface area contributed by atoms with E-state index in [0.717, 1.165) is 36.8 Å². The molecule has 1 aromatic rings. The Morgan fingerprint density at radius 1 is 1.15 bits per heavy atom. The van der Waals surface area contributed by atoms with E-state index < -0.39 is 0 Å². The highest BCUT2D eigenvalue weighted by molar-refractivity contribution is 6.01. The fourth-order valence-corrected chi connectivity index (χ4v) is 2.46. The number of ketones is 1. The zero-order chi connectivity index (χ0) is 15.0. The third kappa shape index (κ3) is 4.96. The maximum atomic E-state index is 12.8. The van der Waals surface area contributed by atoms with Crippen LogP contribution in [0.1, 0.15) is 58.9 Å². The molecule has 0 aliphatic rings. The van der Waals surface area contributed by atoms with E-state index in [1.165, 1.54) is 0 Å². The van der Waals surface area contributed by atoms with E-state index in [2.05, 4.69) is 45.9 Å². The number of rotatable bonds is 8. The first kappa shape index (κ1) is 16.7. The summed E-state index contributed by atoms with van der Waals surface area (Å²) in [6.07, 6.45) is 6.33. The van der Waals surface area contributed by atoms with Crippen LogP contribution in [0.2, 0.25) is 0 Å². The summed E-state index contributed by atoms with van der Waals surface area (Å²) >= 11 is 0. The zero-order valence-corrected chi connectivity index (χ0v) is 13.4. The Morgan fingerprint density at radius 2 is 1.80 bits per heavy atom. The number of carbonyl (C=O) groups is 1. The van der Waals surface area contributed by atoms with Gasteiger partial charge in [0.2, 0.25) is 0 Å². The molecular formula is C19H28O. The van der Waals surface area contributed by atoms with Crippen molar-refractivity contribution in [3.63, 3.8) is 0 Å². The van der Waals surface area contributed by atoms with E-state index in [-0.39, 0.29) is 11.8 Å². The Kier molecular flexibility index (Phi) is 7.28. The van der Waals surface area contributed by atoms with Crippen molar-refractivity contribution >= 4 is 11.9 Å². The third-order valence-corrected chi connectivity index (χ3v) is 3.80. The molecule has 0 fully saturated rings. The van der Waals surface area contributed by atoms with E-state index in [4.69, 9.17) is 0 Å². The highest BCUT2D eigenvalue weighted by Crippen LogP contribution is 2.24. The molecule has 0 saturated carbocycles. The van der Waals surface area contributed by atoms with Crippen LogP contribution in [0.3, 0.4) is 0 Å². The summed E-state index contributed by atoms with van der Waals surface area (Å²) in [6, 6.07) is 10.2. The van der Waals surface area contributed by atoms with Crippen LogP contribution in [0.5, 0.6) is 0 Å². The first-order valence-corrected chi connectivity index (χ1v) is 7.90. The minimum atomic E-state index is 0.187. The molecule has 0 aromatic heterocycles. The van der Waals surface area contributed by atoms with Gasteiger partial charge < -0.3 is 0 Å². The van der Waals surface area contributed by atoms with Crippen molar-refractivity contribution in [1.82, 2.24) is 0 Å². The van der Waals surface area contributed by atoms with Gasteiger partial charge in [-0.05, 0) is 36.0 Å². The van der Waals surface area contributed by atoms with Gasteiger partial charge in [-0.1, -0.05) is 70.9 Å². The van der Waals surface area contributed by atoms with Crippen molar-refractivity contribution in [2.45, 2.75) is 53.4 Å². The molecule has 1 unspecified atom stereocenters. The highest BCUT2D eigenvalue weighted by atomic mass is 16.1. The lowest BCUT2D eigenvalue weighted by atomic mass is 9.85. The molecule has 0 saturated heterocycles. The second-order valence-corrected chi connectivity index (χ2v) is 5.78. The van der Waals surface area contributed by atoms with Gasteiger partial charge in [0, 0.05) is 5.92 Å². The molecule has 0 aliphatic carbocycles. The van der Waals surface area contributed by atoms with Crippen molar-refractivity contribution in [3.8, 4) is 0 Å². The third-order valence-electron chi connectivity index (χ3n) is 3.80. The number of hydrogen-bond acceptors (Lipinski definition) is 1. The largest absolute Gasteiger partial charge is 0.294 e. The number of carbonyl (C=O) groups excluding carboxylic acids is 1. The Balaban J connectivity index is 2.95. The summed E-state index contributed by atoms with van der Waals surface area (Å²) in [5.74, 6) is 0.811. The molecule has 0 aliphatic heterocycles. The molecule has 1 rings (SSSR count). The number of allylic oxidation sites excluding steroid dienone is 1. The van der Waals surface area contributed by atoms with Crippen LogP contribution in [0.4, 0.5) is 0 Å². The van der Waals surface area contributed by atoms with Gasteiger partial charge in [0.1, 0.15) is 0 Å². The molecule has 0 amide bonds. The molecule has 1 aromatic carbocycles. The van der Waals surface area contributed by atoms with Gasteiger partial charge >= 0.3 is 0 Å². The lowest BCUT2D eigenvalue weighted by Gasteiger charge is -2.18. The standard InChI is InChI=1S/C19H28O/c1-5-7-13-17(6-2)19(20)18(15(3)4)14-16-11-9-8-10-12-16/h8-12,14-15,17H,5-7,13H2,1-4H3/b18-14-. The molecule has 0 spiro atoms. The van der Waals surface area contributed by atoms with Gasteiger partial charge in [0.05, 0.1) is 0 Å². The summed E-state index contributed by atoms with van der Waals surface area (Å²) in [5.41, 5.74) is 2.09. The first-order valence-electron chi connectivity index (χ1n) is 7.90. The predicted molar refractivity (Wildman–Crippen MR) is 87.6 cm³/mol. The van der Waals surface area contributed by atoms with Crippen LogP contribution in [0, 0.1) is 11.8 Å². The topological polar surface area (TPSA) is 17.1 Å². The summed E-state index contributed by atoms with van der Waals surface area (Å²) < 4.78 is 0. The highest BCUT2D eigenvalue weighted by Gasteiger charge is 2.21. The molecule has 0 N–H and O–H groups in total. The summed E-state index contributed by atoms with van der Waals surface area (Å²) in [5, 5.41) is 0. The maximum absolute atomic E-state index is 12.8. The molecule has 1 atom stereocenters. The van der Waals surface area contributed by atoms with E-state index in [9.17, 15) is 4.79 Å². The lowest BCUT2D eigenvalue weighted by Crippen LogP contribution is -2.19. The smallest absolute Gasteiger partial charge is 0.162 e. The molecular weight excluding hydrogens is 244 g/mol. The minimum absolute atomic E-state index is 0.187. The molecule has 0 bridgehead atoms. The normalized spacial score (nSPS) is 13.6. The lowest BCUT2D eigenvalue weighted by molar-refractivity contribution is -0.119. The first-order chi connectivity index (χ1) is 9.60. The molecule has 0 heterocycles. The Hall–Kier alpha value is -1.37. The Labute approximate surface area is 124 Å². The monoisotopic (exact) mass is 272 g/mol. The summed E-state index contributed by atoms with van der Waals surface area (Å²) in [4.78, 5) is 12.8. The van der Waals surface area contributed by atoms with Gasteiger partial charge in [0.15, 0.2) is 5.78 Å². The quantitative estimate of drug-likeness (QED) is 0.570. The van der Waals surface area contributed by atoms with Crippen molar-refractivity contribution in [2.75, 3.05) is 0 Å². The zero-order valence-electron chi connectivity index (χ0n) is 13.4. The molecule has 1 nitrogen and oxygen atoms in total. The van der Waals surface area contributed by atoms with E-state index in [0.29, 0.717) is 5.78 Å². The van der Waals surface area contributed by atoms with Crippen LogP contribution in [-0.2, 0) is 4.79 Å². The van der Waals surface area contributed by atoms with E-state index in [1.54, 1.807) is 0 Å². The Morgan fingerprint density at radius 3 is 2.30 bits per heavy atom. The van der Waals surface area contributed by atoms with Gasteiger partial charge in [-0.25, -0.2) is 0 Å². The van der Waals surface area contributed by atoms with E-state index in [1.807, 2.05) is 18.2 Å². The predicted octanol–water partition coefficient (Wildman–Crippen LogP) is 5.51. The minimum Gasteiger partial charge on any atom is -0.294 e. The van der Waals surface area contributed by atoms with Crippen molar-refractivity contribution in [1.29, 1.82) is 0 Å². The van der Waals surface area contributed by atoms with Crippen molar-refractivity contribution in [2.24, 2.45) is 11.8 Å². The van der Waals surface area contributed by atoms with Crippen LogP contribution >= 0.6 is 0 Å². The van der Waals surface area contributed by atoms with E-state index >= 15 is 0 Å². The average Bonchev–Trinajstić information content (AvgIpc) is 2.46.